The molecule has 186 valence electrons. The van der Waals surface area contributed by atoms with Crippen LogP contribution in [-0.4, -0.2) is 64.4 Å². The number of aromatic nitrogens is 4. The molecule has 1 fully saturated rings. The van der Waals surface area contributed by atoms with Crippen LogP contribution in [0.5, 0.6) is 0 Å². The normalized spacial score (nSPS) is 17.6. The number of rotatable bonds is 10. The summed E-state index contributed by atoms with van der Waals surface area (Å²) in [4.78, 5) is 27.6. The SMILES string of the molecule is CC(C)(C)C(Cc1nnnn1COCC[Si](C)(C)C)C(=O)N1C(=O)OCC1Cc1ccccc1. The molecule has 2 atom stereocenters. The molecule has 0 radical (unpaired) electrons. The molecule has 1 aliphatic rings. The third-order valence-electron chi connectivity index (χ3n) is 6.06. The number of amides is 2. The molecule has 1 aromatic heterocycles. The minimum Gasteiger partial charge on any atom is -0.447 e. The molecule has 1 aliphatic heterocycles. The average Bonchev–Trinajstić information content (AvgIpc) is 3.34. The largest absolute Gasteiger partial charge is 0.447 e. The van der Waals surface area contributed by atoms with Crippen molar-refractivity contribution in [3.8, 4) is 0 Å². The lowest BCUT2D eigenvalue weighted by Crippen LogP contribution is -2.47. The number of ether oxygens (including phenoxy) is 2. The number of hydrogen-bond donors (Lipinski definition) is 0. The van der Waals surface area contributed by atoms with Gasteiger partial charge in [0.25, 0.3) is 0 Å². The van der Waals surface area contributed by atoms with Crippen molar-refractivity contribution >= 4 is 20.1 Å². The molecule has 9 nitrogen and oxygen atoms in total. The van der Waals surface area contributed by atoms with E-state index in [0.29, 0.717) is 25.3 Å². The first-order valence-corrected chi connectivity index (χ1v) is 15.5. The monoisotopic (exact) mass is 487 g/mol. The summed E-state index contributed by atoms with van der Waals surface area (Å²) in [7, 11) is -1.20. The maximum atomic E-state index is 13.7. The van der Waals surface area contributed by atoms with E-state index in [4.69, 9.17) is 9.47 Å². The summed E-state index contributed by atoms with van der Waals surface area (Å²) in [6.45, 7) is 13.9. The molecule has 1 aromatic carbocycles. The van der Waals surface area contributed by atoms with E-state index in [1.807, 2.05) is 51.1 Å². The summed E-state index contributed by atoms with van der Waals surface area (Å²) in [5.41, 5.74) is 0.627. The van der Waals surface area contributed by atoms with Gasteiger partial charge in [-0.25, -0.2) is 14.4 Å². The fourth-order valence-electron chi connectivity index (χ4n) is 3.88. The van der Waals surface area contributed by atoms with E-state index in [0.717, 1.165) is 11.6 Å². The van der Waals surface area contributed by atoms with Crippen LogP contribution in [0, 0.1) is 11.3 Å². The van der Waals surface area contributed by atoms with Gasteiger partial charge in [-0.15, -0.1) is 5.10 Å². The third-order valence-corrected chi connectivity index (χ3v) is 7.76. The highest BCUT2D eigenvalue weighted by Crippen LogP contribution is 2.33. The minimum absolute atomic E-state index is 0.193. The predicted molar refractivity (Wildman–Crippen MR) is 131 cm³/mol. The van der Waals surface area contributed by atoms with Crippen molar-refractivity contribution in [2.24, 2.45) is 11.3 Å². The Morgan fingerprint density at radius 3 is 2.59 bits per heavy atom. The summed E-state index contributed by atoms with van der Waals surface area (Å²) in [6.07, 6.45) is 0.265. The zero-order valence-corrected chi connectivity index (χ0v) is 22.2. The van der Waals surface area contributed by atoms with Gasteiger partial charge in [0, 0.05) is 21.1 Å². The van der Waals surface area contributed by atoms with Gasteiger partial charge in [0.1, 0.15) is 13.3 Å². The Labute approximate surface area is 202 Å². The summed E-state index contributed by atoms with van der Waals surface area (Å²) < 4.78 is 12.7. The van der Waals surface area contributed by atoms with Crippen LogP contribution < -0.4 is 0 Å². The molecule has 0 N–H and O–H groups in total. The van der Waals surface area contributed by atoms with Crippen LogP contribution in [0.15, 0.2) is 30.3 Å². The van der Waals surface area contributed by atoms with Gasteiger partial charge >= 0.3 is 6.09 Å². The Balaban J connectivity index is 1.73. The Bertz CT molecular complexity index is 968. The van der Waals surface area contributed by atoms with Crippen LogP contribution in [0.1, 0.15) is 32.2 Å². The van der Waals surface area contributed by atoms with Crippen LogP contribution in [0.3, 0.4) is 0 Å². The van der Waals surface area contributed by atoms with Crippen molar-refractivity contribution in [1.82, 2.24) is 25.1 Å². The molecule has 2 heterocycles. The number of carbonyl (C=O) groups is 2. The predicted octanol–water partition coefficient (Wildman–Crippen LogP) is 3.78. The number of imide groups is 1. The molecule has 2 aromatic rings. The molecule has 0 saturated carbocycles. The van der Waals surface area contributed by atoms with E-state index in [1.165, 1.54) is 4.90 Å². The summed E-state index contributed by atoms with van der Waals surface area (Å²) in [5.74, 6) is -0.207. The first-order valence-electron chi connectivity index (χ1n) is 11.8. The highest BCUT2D eigenvalue weighted by molar-refractivity contribution is 6.76. The summed E-state index contributed by atoms with van der Waals surface area (Å²) >= 11 is 0. The molecule has 10 heteroatoms. The van der Waals surface area contributed by atoms with Crippen LogP contribution in [0.2, 0.25) is 25.7 Å². The first kappa shape index (κ1) is 26.0. The van der Waals surface area contributed by atoms with Gasteiger partial charge in [-0.2, -0.15) is 0 Å². The Kier molecular flexibility index (Phi) is 8.24. The number of cyclic esters (lactones) is 1. The highest BCUT2D eigenvalue weighted by atomic mass is 28.3. The standard InChI is InChI=1S/C24H37N5O4Si/c1-24(2,3)20(15-21-25-26-27-28(21)17-32-12-13-34(4,5)6)22(30)29-19(16-33-23(29)31)14-18-10-8-7-9-11-18/h7-11,19-20H,12-17H2,1-6H3. The average molecular weight is 488 g/mol. The molecule has 2 unspecified atom stereocenters. The molecule has 0 aliphatic carbocycles. The number of hydrogen-bond acceptors (Lipinski definition) is 7. The first-order chi connectivity index (χ1) is 16.0. The topological polar surface area (TPSA) is 99.4 Å². The van der Waals surface area contributed by atoms with E-state index in [2.05, 4.69) is 35.2 Å². The van der Waals surface area contributed by atoms with Crippen molar-refractivity contribution < 1.29 is 19.1 Å². The van der Waals surface area contributed by atoms with Gasteiger partial charge in [0.2, 0.25) is 5.91 Å². The van der Waals surface area contributed by atoms with Crippen molar-refractivity contribution in [2.75, 3.05) is 13.2 Å². The minimum atomic E-state index is -1.20. The Morgan fingerprint density at radius 1 is 1.24 bits per heavy atom. The van der Waals surface area contributed by atoms with Crippen LogP contribution in [0.4, 0.5) is 4.79 Å². The van der Waals surface area contributed by atoms with Crippen LogP contribution in [0.25, 0.3) is 0 Å². The maximum absolute atomic E-state index is 13.7. The molecule has 3 rings (SSSR count). The van der Waals surface area contributed by atoms with E-state index in [-0.39, 0.29) is 25.3 Å². The molecular weight excluding hydrogens is 450 g/mol. The van der Waals surface area contributed by atoms with E-state index >= 15 is 0 Å². The van der Waals surface area contributed by atoms with Crippen LogP contribution >= 0.6 is 0 Å². The van der Waals surface area contributed by atoms with Gasteiger partial charge < -0.3 is 9.47 Å². The van der Waals surface area contributed by atoms with Crippen molar-refractivity contribution in [1.29, 1.82) is 0 Å². The van der Waals surface area contributed by atoms with Gasteiger partial charge in [-0.1, -0.05) is 70.7 Å². The Morgan fingerprint density at radius 2 is 1.94 bits per heavy atom. The van der Waals surface area contributed by atoms with Crippen molar-refractivity contribution in [3.05, 3.63) is 41.7 Å². The van der Waals surface area contributed by atoms with Gasteiger partial charge in [0.05, 0.1) is 12.0 Å². The number of nitrogens with zero attached hydrogens (tertiary/aromatic N) is 5. The van der Waals surface area contributed by atoms with Gasteiger partial charge in [-0.05, 0) is 33.9 Å². The second-order valence-electron chi connectivity index (χ2n) is 11.2. The molecule has 1 saturated heterocycles. The molecule has 0 spiro atoms. The maximum Gasteiger partial charge on any atom is 0.416 e. The van der Waals surface area contributed by atoms with Crippen molar-refractivity contribution in [3.63, 3.8) is 0 Å². The second-order valence-corrected chi connectivity index (χ2v) is 16.8. The summed E-state index contributed by atoms with van der Waals surface area (Å²) in [5, 5.41) is 12.0. The zero-order chi connectivity index (χ0) is 24.9. The quantitative estimate of drug-likeness (QED) is 0.371. The zero-order valence-electron chi connectivity index (χ0n) is 21.2. The smallest absolute Gasteiger partial charge is 0.416 e. The molecule has 2 amide bonds. The lowest BCUT2D eigenvalue weighted by Gasteiger charge is -2.33. The number of benzene rings is 1. The fourth-order valence-corrected chi connectivity index (χ4v) is 4.64. The fraction of sp³-hybridized carbons (Fsp3) is 0.625. The lowest BCUT2D eigenvalue weighted by molar-refractivity contribution is -0.137. The molecular formula is C24H37N5O4Si. The number of tetrazole rings is 1. The highest BCUT2D eigenvalue weighted by Gasteiger charge is 2.44. The van der Waals surface area contributed by atoms with Crippen LogP contribution in [-0.2, 0) is 33.8 Å². The lowest BCUT2D eigenvalue weighted by atomic mass is 9.77. The van der Waals surface area contributed by atoms with E-state index in [9.17, 15) is 9.59 Å². The third kappa shape index (κ3) is 6.96. The second kappa shape index (κ2) is 10.8. The molecule has 34 heavy (non-hydrogen) atoms. The van der Waals surface area contributed by atoms with Crippen molar-refractivity contribution in [2.45, 2.75) is 72.1 Å². The molecule has 0 bridgehead atoms. The summed E-state index contributed by atoms with van der Waals surface area (Å²) in [6, 6.07) is 10.5. The number of carbonyl (C=O) groups excluding carboxylic acids is 2. The van der Waals surface area contributed by atoms with E-state index in [1.54, 1.807) is 4.68 Å². The Hall–Kier alpha value is -2.59. The van der Waals surface area contributed by atoms with E-state index < -0.39 is 25.5 Å². The van der Waals surface area contributed by atoms with Gasteiger partial charge in [-0.3, -0.25) is 4.79 Å². The van der Waals surface area contributed by atoms with Gasteiger partial charge in [0.15, 0.2) is 5.82 Å².